The number of fused-ring (bicyclic) bond motifs is 1. The quantitative estimate of drug-likeness (QED) is 0.408. The van der Waals surface area contributed by atoms with E-state index in [1.807, 2.05) is 29.1 Å². The normalized spacial score (nSPS) is 16.6. The number of amides is 2. The van der Waals surface area contributed by atoms with Crippen molar-refractivity contribution in [1.29, 1.82) is 0 Å². The van der Waals surface area contributed by atoms with Crippen LogP contribution in [-0.2, 0) is 0 Å². The summed E-state index contributed by atoms with van der Waals surface area (Å²) in [4.78, 5) is 34.0. The molecule has 2 aliphatic carbocycles. The number of hydrogen-bond donors (Lipinski definition) is 3. The largest absolute Gasteiger partial charge is 0.360 e. The molecule has 3 N–H and O–H groups in total. The lowest BCUT2D eigenvalue weighted by Crippen LogP contribution is -2.27. The molecule has 0 unspecified atom stereocenters. The number of H-pyrrole nitrogens is 1. The van der Waals surface area contributed by atoms with E-state index in [0.717, 1.165) is 44.2 Å². The van der Waals surface area contributed by atoms with Crippen LogP contribution in [0.3, 0.4) is 0 Å². The Bertz CT molecular complexity index is 1340. The Balaban J connectivity index is 1.31. The summed E-state index contributed by atoms with van der Waals surface area (Å²) in [5.41, 5.74) is 2.99. The van der Waals surface area contributed by atoms with E-state index in [9.17, 15) is 9.59 Å². The fourth-order valence-corrected chi connectivity index (χ4v) is 4.52. The lowest BCUT2D eigenvalue weighted by atomic mass is 9.96. The second kappa shape index (κ2) is 8.44. The summed E-state index contributed by atoms with van der Waals surface area (Å²) in [7, 11) is 0. The maximum absolute atomic E-state index is 13.3. The van der Waals surface area contributed by atoms with Crippen LogP contribution in [0.1, 0.15) is 71.8 Å². The van der Waals surface area contributed by atoms with E-state index < -0.39 is 0 Å². The highest BCUT2D eigenvalue weighted by molar-refractivity contribution is 6.11. The summed E-state index contributed by atoms with van der Waals surface area (Å²) in [5.74, 6) is -0.630. The molecule has 2 amide bonds. The van der Waals surface area contributed by atoms with Gasteiger partial charge in [-0.3, -0.25) is 14.3 Å². The molecule has 2 saturated carbocycles. The zero-order chi connectivity index (χ0) is 23.1. The molecule has 0 aromatic carbocycles. The van der Waals surface area contributed by atoms with Crippen LogP contribution in [-0.4, -0.2) is 47.2 Å². The van der Waals surface area contributed by atoms with Gasteiger partial charge in [0.15, 0.2) is 11.3 Å². The smallest absolute Gasteiger partial charge is 0.274 e. The van der Waals surface area contributed by atoms with Crippen LogP contribution >= 0.6 is 0 Å². The number of anilines is 1. The molecule has 0 saturated heterocycles. The van der Waals surface area contributed by atoms with Crippen LogP contribution in [0.5, 0.6) is 0 Å². The molecule has 10 heteroatoms. The first-order chi connectivity index (χ1) is 16.7. The van der Waals surface area contributed by atoms with Gasteiger partial charge in [0.1, 0.15) is 5.56 Å². The molecule has 0 atom stereocenters. The zero-order valence-electron chi connectivity index (χ0n) is 18.7. The molecule has 10 nitrogen and oxygen atoms in total. The molecule has 4 aromatic heterocycles. The summed E-state index contributed by atoms with van der Waals surface area (Å²) < 4.78 is 3.42. The number of hydrogen-bond acceptors (Lipinski definition) is 5. The van der Waals surface area contributed by atoms with Crippen LogP contribution in [0.2, 0.25) is 0 Å². The third-order valence-corrected chi connectivity index (χ3v) is 6.54. The predicted molar refractivity (Wildman–Crippen MR) is 126 cm³/mol. The number of carbonyl (C=O) groups excluding carboxylic acids is 2. The molecule has 2 aliphatic rings. The fourth-order valence-electron chi connectivity index (χ4n) is 4.52. The number of nitrogens with one attached hydrogen (secondary N) is 3. The summed E-state index contributed by atoms with van der Waals surface area (Å²) in [6, 6.07) is 6.09. The first-order valence-corrected chi connectivity index (χ1v) is 11.9. The first kappa shape index (κ1) is 20.6. The number of aromatic nitrogens is 6. The topological polar surface area (TPSA) is 122 Å². The minimum absolute atomic E-state index is 0.200. The average Bonchev–Trinajstić information content (AvgIpc) is 3.25. The van der Waals surface area contributed by atoms with Crippen LogP contribution in [0.15, 0.2) is 43.0 Å². The molecule has 0 bridgehead atoms. The van der Waals surface area contributed by atoms with Crippen LogP contribution in [0.4, 0.5) is 5.69 Å². The lowest BCUT2D eigenvalue weighted by molar-refractivity contribution is 0.0945. The summed E-state index contributed by atoms with van der Waals surface area (Å²) >= 11 is 0. The third-order valence-electron chi connectivity index (χ3n) is 6.54. The SMILES string of the molecule is O=C(NC1CC1)c1nn(C2CCCCC2)cc1NC(=O)c1cnn2ccc(-c3ccc[nH]3)nc12. The molecule has 174 valence electrons. The molecule has 0 spiro atoms. The van der Waals surface area contributed by atoms with Gasteiger partial charge in [-0.05, 0) is 43.9 Å². The molecular weight excluding hydrogens is 432 g/mol. The minimum atomic E-state index is -0.380. The van der Waals surface area contributed by atoms with Gasteiger partial charge in [0.2, 0.25) is 0 Å². The zero-order valence-corrected chi connectivity index (χ0v) is 18.7. The molecule has 6 rings (SSSR count). The minimum Gasteiger partial charge on any atom is -0.360 e. The van der Waals surface area contributed by atoms with Gasteiger partial charge in [0, 0.05) is 24.6 Å². The lowest BCUT2D eigenvalue weighted by Gasteiger charge is -2.21. The molecule has 34 heavy (non-hydrogen) atoms. The fraction of sp³-hybridized carbons (Fsp3) is 0.375. The van der Waals surface area contributed by atoms with E-state index in [0.29, 0.717) is 22.6 Å². The molecule has 0 radical (unpaired) electrons. The monoisotopic (exact) mass is 458 g/mol. The maximum atomic E-state index is 13.3. The van der Waals surface area contributed by atoms with E-state index in [1.165, 1.54) is 12.6 Å². The van der Waals surface area contributed by atoms with E-state index in [1.54, 1.807) is 16.9 Å². The molecule has 4 aromatic rings. The van der Waals surface area contributed by atoms with Crippen molar-refractivity contribution in [1.82, 2.24) is 34.7 Å². The van der Waals surface area contributed by atoms with Gasteiger partial charge in [-0.15, -0.1) is 0 Å². The average molecular weight is 459 g/mol. The Kier molecular flexibility index (Phi) is 5.12. The van der Waals surface area contributed by atoms with Gasteiger partial charge in [-0.2, -0.15) is 10.2 Å². The van der Waals surface area contributed by atoms with Gasteiger partial charge in [-0.25, -0.2) is 9.50 Å². The number of aromatic amines is 1. The highest BCUT2D eigenvalue weighted by Crippen LogP contribution is 2.30. The Hall–Kier alpha value is -3.95. The third kappa shape index (κ3) is 3.95. The van der Waals surface area contributed by atoms with Gasteiger partial charge in [-0.1, -0.05) is 19.3 Å². The highest BCUT2D eigenvalue weighted by Gasteiger charge is 2.29. The summed E-state index contributed by atoms with van der Waals surface area (Å²) in [5, 5.41) is 14.8. The van der Waals surface area contributed by atoms with Crippen molar-refractivity contribution in [2.45, 2.75) is 57.0 Å². The van der Waals surface area contributed by atoms with E-state index in [2.05, 4.69) is 30.8 Å². The molecule has 4 heterocycles. The van der Waals surface area contributed by atoms with Crippen molar-refractivity contribution in [3.8, 4) is 11.4 Å². The number of rotatable bonds is 6. The number of carbonyl (C=O) groups is 2. The van der Waals surface area contributed by atoms with Crippen molar-refractivity contribution in [3.63, 3.8) is 0 Å². The van der Waals surface area contributed by atoms with Crippen molar-refractivity contribution < 1.29 is 9.59 Å². The Morgan fingerprint density at radius 2 is 1.91 bits per heavy atom. The maximum Gasteiger partial charge on any atom is 0.274 e. The Labute approximate surface area is 195 Å². The summed E-state index contributed by atoms with van der Waals surface area (Å²) in [6.45, 7) is 0. The second-order valence-electron chi connectivity index (χ2n) is 9.09. The van der Waals surface area contributed by atoms with Crippen molar-refractivity contribution in [2.75, 3.05) is 5.32 Å². The van der Waals surface area contributed by atoms with Gasteiger partial charge in [0.05, 0.1) is 29.3 Å². The van der Waals surface area contributed by atoms with Crippen molar-refractivity contribution in [2.24, 2.45) is 0 Å². The van der Waals surface area contributed by atoms with E-state index in [-0.39, 0.29) is 29.6 Å². The van der Waals surface area contributed by atoms with Gasteiger partial charge in [0.25, 0.3) is 11.8 Å². The predicted octanol–water partition coefficient (Wildman–Crippen LogP) is 3.57. The van der Waals surface area contributed by atoms with Crippen LogP contribution < -0.4 is 10.6 Å². The molecular formula is C24H26N8O2. The van der Waals surface area contributed by atoms with Gasteiger partial charge < -0.3 is 15.6 Å². The second-order valence-corrected chi connectivity index (χ2v) is 9.09. The van der Waals surface area contributed by atoms with Crippen molar-refractivity contribution in [3.05, 3.63) is 54.2 Å². The van der Waals surface area contributed by atoms with Gasteiger partial charge >= 0.3 is 0 Å². The van der Waals surface area contributed by atoms with E-state index >= 15 is 0 Å². The highest BCUT2D eigenvalue weighted by atomic mass is 16.2. The standard InChI is InChI=1S/C24H26N8O2/c33-23(17-13-26-31-12-10-19(28-22(17)31)18-7-4-11-25-18)29-20-14-32(16-5-2-1-3-6-16)30-21(20)24(34)27-15-8-9-15/h4,7,10-16,25H,1-3,5-6,8-9H2,(H,27,34)(H,29,33). The van der Waals surface area contributed by atoms with Crippen LogP contribution in [0.25, 0.3) is 17.0 Å². The summed E-state index contributed by atoms with van der Waals surface area (Å²) in [6.07, 6.45) is 14.4. The molecule has 0 aliphatic heterocycles. The Morgan fingerprint density at radius 1 is 1.06 bits per heavy atom. The molecule has 2 fully saturated rings. The van der Waals surface area contributed by atoms with Crippen LogP contribution in [0, 0.1) is 0 Å². The van der Waals surface area contributed by atoms with E-state index in [4.69, 9.17) is 0 Å². The number of nitrogens with zero attached hydrogens (tertiary/aromatic N) is 5. The first-order valence-electron chi connectivity index (χ1n) is 11.9. The van der Waals surface area contributed by atoms with Crippen molar-refractivity contribution >= 4 is 23.1 Å². The Morgan fingerprint density at radius 3 is 2.68 bits per heavy atom.